The molecule has 0 bridgehead atoms. The molecular weight excluding hydrogens is 126 g/mol. The van der Waals surface area contributed by atoms with Crippen molar-refractivity contribution in [2.45, 2.75) is 39.0 Å². The Bertz CT molecular complexity index is 114. The molecule has 0 amide bonds. The van der Waals surface area contributed by atoms with Crippen LogP contribution >= 0.6 is 0 Å². The molecule has 0 aromatic rings. The number of rotatable bonds is 1. The van der Waals surface area contributed by atoms with E-state index in [1.165, 1.54) is 0 Å². The largest absolute Gasteiger partial charge is 0.378 e. The van der Waals surface area contributed by atoms with Crippen molar-refractivity contribution < 1.29 is 5.11 Å². The van der Waals surface area contributed by atoms with Gasteiger partial charge in [-0.1, -0.05) is 13.8 Å². The zero-order valence-electron chi connectivity index (χ0n) is 7.04. The van der Waals surface area contributed by atoms with Crippen molar-refractivity contribution in [3.63, 3.8) is 0 Å². The predicted octanol–water partition coefficient (Wildman–Crippen LogP) is 1.05. The summed E-state index contributed by atoms with van der Waals surface area (Å²) in [5.41, 5.74) is 0. The molecule has 60 valence electrons. The van der Waals surface area contributed by atoms with Gasteiger partial charge in [-0.3, -0.25) is 4.90 Å². The van der Waals surface area contributed by atoms with E-state index < -0.39 is 0 Å². The van der Waals surface area contributed by atoms with E-state index in [0.717, 1.165) is 12.8 Å². The third-order valence-electron chi connectivity index (χ3n) is 2.48. The average Bonchev–Trinajstić information content (AvgIpc) is 2.14. The van der Waals surface area contributed by atoms with Crippen molar-refractivity contribution in [2.75, 3.05) is 7.05 Å². The van der Waals surface area contributed by atoms with Crippen LogP contribution in [0.5, 0.6) is 0 Å². The van der Waals surface area contributed by atoms with Crippen LogP contribution in [0.3, 0.4) is 0 Å². The van der Waals surface area contributed by atoms with Gasteiger partial charge in [0, 0.05) is 6.04 Å². The first-order chi connectivity index (χ1) is 4.63. The maximum Gasteiger partial charge on any atom is 0.107 e. The summed E-state index contributed by atoms with van der Waals surface area (Å²) in [6, 6.07) is 0.593. The molecule has 1 saturated heterocycles. The van der Waals surface area contributed by atoms with Crippen molar-refractivity contribution in [3.8, 4) is 0 Å². The normalized spacial score (nSPS) is 35.7. The second-order valence-electron chi connectivity index (χ2n) is 3.53. The number of hydrogen-bond donors (Lipinski definition) is 1. The number of likely N-dealkylation sites (tertiary alicyclic amines) is 1. The fourth-order valence-corrected chi connectivity index (χ4v) is 1.75. The minimum absolute atomic E-state index is 0.188. The number of aliphatic hydroxyl groups excluding tert-OH is 1. The molecule has 2 atom stereocenters. The second kappa shape index (κ2) is 2.89. The Kier molecular flexibility index (Phi) is 2.32. The quantitative estimate of drug-likeness (QED) is 0.593. The summed E-state index contributed by atoms with van der Waals surface area (Å²) in [6.45, 7) is 4.42. The molecular formula is C8H17NO. The van der Waals surface area contributed by atoms with E-state index in [2.05, 4.69) is 18.7 Å². The lowest BCUT2D eigenvalue weighted by Gasteiger charge is -2.25. The third-order valence-corrected chi connectivity index (χ3v) is 2.48. The monoisotopic (exact) mass is 143 g/mol. The summed E-state index contributed by atoms with van der Waals surface area (Å²) in [5, 5.41) is 9.34. The molecule has 0 aromatic carbocycles. The van der Waals surface area contributed by atoms with Crippen LogP contribution in [-0.4, -0.2) is 29.3 Å². The Labute approximate surface area is 62.8 Å². The van der Waals surface area contributed by atoms with Crippen molar-refractivity contribution in [1.29, 1.82) is 0 Å². The second-order valence-corrected chi connectivity index (χ2v) is 3.53. The van der Waals surface area contributed by atoms with Gasteiger partial charge in [0.15, 0.2) is 0 Å². The standard InChI is InChI=1S/C8H17NO/c1-6(2)7-4-5-8(10)9(7)3/h6-8,10H,4-5H2,1-3H3. The fraction of sp³-hybridized carbons (Fsp3) is 1.00. The molecule has 2 nitrogen and oxygen atoms in total. The molecule has 1 heterocycles. The molecule has 2 heteroatoms. The lowest BCUT2D eigenvalue weighted by molar-refractivity contribution is 0.0282. The molecule has 0 spiro atoms. The first kappa shape index (κ1) is 8.02. The van der Waals surface area contributed by atoms with Gasteiger partial charge >= 0.3 is 0 Å². The first-order valence-corrected chi connectivity index (χ1v) is 4.03. The van der Waals surface area contributed by atoms with Crippen LogP contribution in [-0.2, 0) is 0 Å². The van der Waals surface area contributed by atoms with Gasteiger partial charge in [0.1, 0.15) is 6.23 Å². The van der Waals surface area contributed by atoms with Gasteiger partial charge in [-0.2, -0.15) is 0 Å². The molecule has 1 N–H and O–H groups in total. The Hall–Kier alpha value is -0.0800. The molecule has 0 radical (unpaired) electrons. The highest BCUT2D eigenvalue weighted by Gasteiger charge is 2.30. The highest BCUT2D eigenvalue weighted by Crippen LogP contribution is 2.25. The lowest BCUT2D eigenvalue weighted by atomic mass is 10.0. The van der Waals surface area contributed by atoms with Crippen LogP contribution in [0.2, 0.25) is 0 Å². The van der Waals surface area contributed by atoms with E-state index in [1.807, 2.05) is 7.05 Å². The van der Waals surface area contributed by atoms with Crippen LogP contribution < -0.4 is 0 Å². The van der Waals surface area contributed by atoms with E-state index >= 15 is 0 Å². The minimum atomic E-state index is -0.188. The van der Waals surface area contributed by atoms with Gasteiger partial charge in [0.25, 0.3) is 0 Å². The molecule has 1 rings (SSSR count). The molecule has 1 aliphatic heterocycles. The van der Waals surface area contributed by atoms with Gasteiger partial charge in [-0.25, -0.2) is 0 Å². The molecule has 0 aromatic heterocycles. The van der Waals surface area contributed by atoms with Crippen LogP contribution in [0.4, 0.5) is 0 Å². The Morgan fingerprint density at radius 1 is 1.40 bits per heavy atom. The van der Waals surface area contributed by atoms with Crippen molar-refractivity contribution >= 4 is 0 Å². The Morgan fingerprint density at radius 3 is 2.20 bits per heavy atom. The SMILES string of the molecule is CC(C)C1CCC(O)N1C. The topological polar surface area (TPSA) is 23.5 Å². The van der Waals surface area contributed by atoms with Crippen molar-refractivity contribution in [3.05, 3.63) is 0 Å². The summed E-state index contributed by atoms with van der Waals surface area (Å²) in [6.07, 6.45) is 1.90. The van der Waals surface area contributed by atoms with E-state index in [4.69, 9.17) is 0 Å². The molecule has 10 heavy (non-hydrogen) atoms. The highest BCUT2D eigenvalue weighted by atomic mass is 16.3. The molecule has 0 saturated carbocycles. The minimum Gasteiger partial charge on any atom is -0.378 e. The Morgan fingerprint density at radius 2 is 2.00 bits per heavy atom. The summed E-state index contributed by atoms with van der Waals surface area (Å²) < 4.78 is 0. The highest BCUT2D eigenvalue weighted by molar-refractivity contribution is 4.81. The van der Waals surface area contributed by atoms with Gasteiger partial charge in [-0.15, -0.1) is 0 Å². The first-order valence-electron chi connectivity index (χ1n) is 4.03. The summed E-state index contributed by atoms with van der Waals surface area (Å²) in [7, 11) is 2.00. The molecule has 1 fully saturated rings. The van der Waals surface area contributed by atoms with E-state index in [0.29, 0.717) is 12.0 Å². The summed E-state index contributed by atoms with van der Waals surface area (Å²) in [4.78, 5) is 2.07. The van der Waals surface area contributed by atoms with E-state index in [-0.39, 0.29) is 6.23 Å². The van der Waals surface area contributed by atoms with E-state index in [9.17, 15) is 5.11 Å². The lowest BCUT2D eigenvalue weighted by Crippen LogP contribution is -2.35. The third kappa shape index (κ3) is 1.32. The predicted molar refractivity (Wildman–Crippen MR) is 41.6 cm³/mol. The zero-order valence-corrected chi connectivity index (χ0v) is 7.04. The van der Waals surface area contributed by atoms with E-state index in [1.54, 1.807) is 0 Å². The zero-order chi connectivity index (χ0) is 7.72. The van der Waals surface area contributed by atoms with Crippen molar-refractivity contribution in [1.82, 2.24) is 4.90 Å². The van der Waals surface area contributed by atoms with Gasteiger partial charge in [0.2, 0.25) is 0 Å². The van der Waals surface area contributed by atoms with Crippen LogP contribution in [0, 0.1) is 5.92 Å². The number of nitrogens with zero attached hydrogens (tertiary/aromatic N) is 1. The van der Waals surface area contributed by atoms with Gasteiger partial charge in [0.05, 0.1) is 0 Å². The van der Waals surface area contributed by atoms with Crippen LogP contribution in [0.25, 0.3) is 0 Å². The fourth-order valence-electron chi connectivity index (χ4n) is 1.75. The van der Waals surface area contributed by atoms with Crippen molar-refractivity contribution in [2.24, 2.45) is 5.92 Å². The molecule has 1 aliphatic rings. The van der Waals surface area contributed by atoms with Crippen LogP contribution in [0.15, 0.2) is 0 Å². The molecule has 0 aliphatic carbocycles. The smallest absolute Gasteiger partial charge is 0.107 e. The molecule has 2 unspecified atom stereocenters. The number of hydrogen-bond acceptors (Lipinski definition) is 2. The Balaban J connectivity index is 2.49. The summed E-state index contributed by atoms with van der Waals surface area (Å²) in [5.74, 6) is 0.669. The summed E-state index contributed by atoms with van der Waals surface area (Å²) >= 11 is 0. The maximum atomic E-state index is 9.34. The van der Waals surface area contributed by atoms with Gasteiger partial charge < -0.3 is 5.11 Å². The maximum absolute atomic E-state index is 9.34. The van der Waals surface area contributed by atoms with Crippen LogP contribution in [0.1, 0.15) is 26.7 Å². The average molecular weight is 143 g/mol. The number of aliphatic hydroxyl groups is 1. The van der Waals surface area contributed by atoms with Gasteiger partial charge in [-0.05, 0) is 25.8 Å².